The predicted octanol–water partition coefficient (Wildman–Crippen LogP) is 3.49. The van der Waals surface area contributed by atoms with Crippen molar-refractivity contribution in [2.75, 3.05) is 0 Å². The van der Waals surface area contributed by atoms with Gasteiger partial charge in [0.2, 0.25) is 0 Å². The lowest BCUT2D eigenvalue weighted by Gasteiger charge is -2.26. The molecule has 0 spiro atoms. The minimum Gasteiger partial charge on any atom is -0.390 e. The molecule has 1 N–H and O–H groups in total. The van der Waals surface area contributed by atoms with Gasteiger partial charge in [0.15, 0.2) is 0 Å². The molecule has 0 aromatic rings. The van der Waals surface area contributed by atoms with Gasteiger partial charge in [-0.15, -0.1) is 0 Å². The molecule has 0 atom stereocenters. The molecule has 0 heterocycles. The Labute approximate surface area is 82.9 Å². The summed E-state index contributed by atoms with van der Waals surface area (Å²) in [6, 6.07) is 0. The average Bonchev–Trinajstić information content (AvgIpc) is 2.05. The van der Waals surface area contributed by atoms with Crippen molar-refractivity contribution in [2.24, 2.45) is 0 Å². The first-order chi connectivity index (χ1) is 6.18. The van der Waals surface area contributed by atoms with Crippen molar-refractivity contribution in [1.29, 1.82) is 0 Å². The van der Waals surface area contributed by atoms with Gasteiger partial charge in [-0.05, 0) is 32.6 Å². The minimum atomic E-state index is -0.463. The summed E-state index contributed by atoms with van der Waals surface area (Å²) in [6.07, 6.45) is 9.58. The highest BCUT2D eigenvalue weighted by Gasteiger charge is 2.22. The Morgan fingerprint density at radius 2 is 1.69 bits per heavy atom. The van der Waals surface area contributed by atoms with Crippen molar-refractivity contribution in [3.8, 4) is 0 Å². The van der Waals surface area contributed by atoms with Gasteiger partial charge in [-0.3, -0.25) is 0 Å². The van der Waals surface area contributed by atoms with Crippen molar-refractivity contribution in [3.63, 3.8) is 0 Å². The number of rotatable bonds is 7. The van der Waals surface area contributed by atoms with E-state index >= 15 is 0 Å². The summed E-state index contributed by atoms with van der Waals surface area (Å²) in [5.41, 5.74) is -0.463. The van der Waals surface area contributed by atoms with E-state index in [0.29, 0.717) is 0 Å². The van der Waals surface area contributed by atoms with Gasteiger partial charge in [-0.2, -0.15) is 0 Å². The Balaban J connectivity index is 3.98. The van der Waals surface area contributed by atoms with Crippen molar-refractivity contribution in [2.45, 2.75) is 58.0 Å². The highest BCUT2D eigenvalue weighted by atomic mass is 16.3. The Bertz CT molecular complexity index is 132. The molecule has 0 saturated carbocycles. The second kappa shape index (κ2) is 7.14. The lowest BCUT2D eigenvalue weighted by atomic mass is 9.89. The molecular weight excluding hydrogens is 160 g/mol. The number of allylic oxidation sites excluding steroid dienone is 1. The van der Waals surface area contributed by atoms with Crippen LogP contribution in [0.15, 0.2) is 12.2 Å². The fourth-order valence-electron chi connectivity index (χ4n) is 1.68. The first-order valence-corrected chi connectivity index (χ1v) is 5.35. The first kappa shape index (κ1) is 12.7. The molecule has 77 valence electrons. The lowest BCUT2D eigenvalue weighted by molar-refractivity contribution is 0.0242. The fourth-order valence-corrected chi connectivity index (χ4v) is 1.68. The largest absolute Gasteiger partial charge is 0.390 e. The van der Waals surface area contributed by atoms with Gasteiger partial charge < -0.3 is 5.11 Å². The molecule has 0 saturated heterocycles. The summed E-state index contributed by atoms with van der Waals surface area (Å²) in [7, 11) is 0. The monoisotopic (exact) mass is 183 g/mol. The van der Waals surface area contributed by atoms with Crippen LogP contribution >= 0.6 is 0 Å². The van der Waals surface area contributed by atoms with Gasteiger partial charge in [-0.25, -0.2) is 0 Å². The van der Waals surface area contributed by atoms with Crippen LogP contribution < -0.4 is 0 Å². The van der Waals surface area contributed by atoms with Gasteiger partial charge in [0, 0.05) is 0 Å². The van der Waals surface area contributed by atoms with E-state index in [-0.39, 0.29) is 0 Å². The zero-order valence-electron chi connectivity index (χ0n) is 9.05. The van der Waals surface area contributed by atoms with Gasteiger partial charge in [0.25, 0.3) is 0 Å². The highest BCUT2D eigenvalue weighted by molar-refractivity contribution is 4.91. The summed E-state index contributed by atoms with van der Waals surface area (Å²) in [5, 5.41) is 10.2. The molecule has 0 aliphatic carbocycles. The van der Waals surface area contributed by atoms with E-state index in [2.05, 4.69) is 26.8 Å². The molecule has 0 aliphatic heterocycles. The lowest BCUT2D eigenvalue weighted by Crippen LogP contribution is -2.27. The molecule has 0 bridgehead atoms. The van der Waals surface area contributed by atoms with Crippen LogP contribution in [0, 0.1) is 6.92 Å². The molecular formula is C12H23O. The third-order valence-corrected chi connectivity index (χ3v) is 2.26. The van der Waals surface area contributed by atoms with Crippen LogP contribution in [0.25, 0.3) is 0 Å². The maximum Gasteiger partial charge on any atom is 0.0681 e. The van der Waals surface area contributed by atoms with Gasteiger partial charge in [-0.1, -0.05) is 38.8 Å². The van der Waals surface area contributed by atoms with Gasteiger partial charge >= 0.3 is 0 Å². The summed E-state index contributed by atoms with van der Waals surface area (Å²) < 4.78 is 0. The van der Waals surface area contributed by atoms with E-state index in [9.17, 15) is 5.11 Å². The van der Waals surface area contributed by atoms with Crippen molar-refractivity contribution in [1.82, 2.24) is 0 Å². The molecule has 1 nitrogen and oxygen atoms in total. The molecule has 0 aromatic heterocycles. The molecule has 0 aromatic carbocycles. The molecule has 0 unspecified atom stereocenters. The van der Waals surface area contributed by atoms with Crippen LogP contribution in [0.1, 0.15) is 52.4 Å². The average molecular weight is 183 g/mol. The van der Waals surface area contributed by atoms with Crippen LogP contribution in [-0.2, 0) is 0 Å². The Morgan fingerprint density at radius 1 is 1.15 bits per heavy atom. The Hall–Kier alpha value is -0.300. The molecule has 13 heavy (non-hydrogen) atoms. The van der Waals surface area contributed by atoms with Crippen molar-refractivity contribution < 1.29 is 5.11 Å². The number of aliphatic hydroxyl groups is 1. The Kier molecular flexibility index (Phi) is 6.97. The molecule has 0 rings (SSSR count). The maximum absolute atomic E-state index is 10.2. The molecule has 0 fully saturated rings. The molecule has 1 heteroatoms. The molecule has 0 aliphatic rings. The smallest absolute Gasteiger partial charge is 0.0681 e. The van der Waals surface area contributed by atoms with Crippen molar-refractivity contribution >= 4 is 0 Å². The standard InChI is InChI=1S/C12H23O/c1-4-7-8-11-12(13,9-5-2)10-6-3/h7-8,13H,1,4-6,9-11H2,2-3H3. The quantitative estimate of drug-likeness (QED) is 0.599. The summed E-state index contributed by atoms with van der Waals surface area (Å²) in [4.78, 5) is 0. The highest BCUT2D eigenvalue weighted by Crippen LogP contribution is 2.23. The van der Waals surface area contributed by atoms with Crippen LogP contribution in [0.4, 0.5) is 0 Å². The minimum absolute atomic E-state index is 0.463. The number of hydrogen-bond acceptors (Lipinski definition) is 1. The second-order valence-electron chi connectivity index (χ2n) is 3.69. The zero-order chi connectivity index (χ0) is 10.2. The maximum atomic E-state index is 10.2. The van der Waals surface area contributed by atoms with Gasteiger partial charge in [0.1, 0.15) is 0 Å². The summed E-state index contributed by atoms with van der Waals surface area (Å²) in [5.74, 6) is 0. The van der Waals surface area contributed by atoms with E-state index in [1.807, 2.05) is 6.08 Å². The topological polar surface area (TPSA) is 20.2 Å². The summed E-state index contributed by atoms with van der Waals surface area (Å²) >= 11 is 0. The van der Waals surface area contributed by atoms with E-state index in [4.69, 9.17) is 0 Å². The molecule has 1 radical (unpaired) electrons. The van der Waals surface area contributed by atoms with E-state index in [0.717, 1.165) is 38.5 Å². The zero-order valence-corrected chi connectivity index (χ0v) is 9.05. The first-order valence-electron chi connectivity index (χ1n) is 5.35. The van der Waals surface area contributed by atoms with Crippen LogP contribution in [0.5, 0.6) is 0 Å². The SMILES string of the molecule is [CH2]CC=CCC(O)(CCC)CCC. The van der Waals surface area contributed by atoms with E-state index in [1.54, 1.807) is 0 Å². The third-order valence-electron chi connectivity index (χ3n) is 2.26. The Morgan fingerprint density at radius 3 is 2.08 bits per heavy atom. The summed E-state index contributed by atoms with van der Waals surface area (Å²) in [6.45, 7) is 7.96. The predicted molar refractivity (Wildman–Crippen MR) is 58.5 cm³/mol. The van der Waals surface area contributed by atoms with Crippen LogP contribution in [0.3, 0.4) is 0 Å². The van der Waals surface area contributed by atoms with Gasteiger partial charge in [0.05, 0.1) is 5.60 Å². The normalized spacial score (nSPS) is 12.6. The second-order valence-corrected chi connectivity index (χ2v) is 3.69. The molecule has 0 amide bonds. The van der Waals surface area contributed by atoms with E-state index < -0.39 is 5.60 Å². The number of hydrogen-bond donors (Lipinski definition) is 1. The van der Waals surface area contributed by atoms with Crippen molar-refractivity contribution in [3.05, 3.63) is 19.1 Å². The van der Waals surface area contributed by atoms with Crippen LogP contribution in [-0.4, -0.2) is 10.7 Å². The van der Waals surface area contributed by atoms with E-state index in [1.165, 1.54) is 0 Å². The fraction of sp³-hybridized carbons (Fsp3) is 0.750. The van der Waals surface area contributed by atoms with Crippen LogP contribution in [0.2, 0.25) is 0 Å². The third kappa shape index (κ3) is 5.87.